The summed E-state index contributed by atoms with van der Waals surface area (Å²) < 4.78 is 11.3. The number of hydrogen-bond acceptors (Lipinski definition) is 3. The van der Waals surface area contributed by atoms with Crippen molar-refractivity contribution in [3.8, 4) is 11.5 Å². The number of carboxylic acids is 1. The van der Waals surface area contributed by atoms with Crippen LogP contribution >= 0.6 is 0 Å². The lowest BCUT2D eigenvalue weighted by Crippen LogP contribution is -2.35. The molecule has 2 atom stereocenters. The van der Waals surface area contributed by atoms with Crippen LogP contribution in [0.4, 0.5) is 0 Å². The third-order valence-electron chi connectivity index (χ3n) is 3.42. The second-order valence-electron chi connectivity index (χ2n) is 4.79. The molecule has 1 aliphatic carbocycles. The summed E-state index contributed by atoms with van der Waals surface area (Å²) in [6, 6.07) is 7.39. The van der Waals surface area contributed by atoms with Crippen molar-refractivity contribution in [1.29, 1.82) is 0 Å². The number of carboxylic acid groups (broad SMARTS) is 1. The molecule has 2 rings (SSSR count). The van der Waals surface area contributed by atoms with Gasteiger partial charge in [0.1, 0.15) is 17.6 Å². The van der Waals surface area contributed by atoms with E-state index >= 15 is 0 Å². The Hall–Kier alpha value is -1.71. The van der Waals surface area contributed by atoms with Crippen molar-refractivity contribution in [3.05, 3.63) is 24.3 Å². The molecule has 0 aliphatic heterocycles. The van der Waals surface area contributed by atoms with Crippen LogP contribution in [0.1, 0.15) is 32.6 Å². The Kier molecular flexibility index (Phi) is 4.66. The van der Waals surface area contributed by atoms with Gasteiger partial charge in [-0.15, -0.1) is 0 Å². The van der Waals surface area contributed by atoms with Crippen LogP contribution in [-0.4, -0.2) is 23.8 Å². The van der Waals surface area contributed by atoms with Gasteiger partial charge in [-0.05, 0) is 38.3 Å². The van der Waals surface area contributed by atoms with E-state index in [9.17, 15) is 9.90 Å². The van der Waals surface area contributed by atoms with Gasteiger partial charge in [0.15, 0.2) is 0 Å². The minimum atomic E-state index is -0.759. The van der Waals surface area contributed by atoms with Gasteiger partial charge < -0.3 is 14.6 Å². The van der Waals surface area contributed by atoms with Crippen molar-refractivity contribution >= 4 is 5.97 Å². The fraction of sp³-hybridized carbons (Fsp3) is 0.533. The van der Waals surface area contributed by atoms with Gasteiger partial charge >= 0.3 is 5.97 Å². The van der Waals surface area contributed by atoms with Crippen molar-refractivity contribution in [2.45, 2.75) is 38.7 Å². The number of benzene rings is 1. The molecule has 0 bridgehead atoms. The van der Waals surface area contributed by atoms with E-state index in [2.05, 4.69) is 0 Å². The molecule has 0 amide bonds. The minimum absolute atomic E-state index is 0.233. The van der Waals surface area contributed by atoms with Crippen LogP contribution in [0.5, 0.6) is 11.5 Å². The highest BCUT2D eigenvalue weighted by molar-refractivity contribution is 5.70. The van der Waals surface area contributed by atoms with Gasteiger partial charge in [-0.25, -0.2) is 0 Å². The third kappa shape index (κ3) is 3.63. The summed E-state index contributed by atoms with van der Waals surface area (Å²) in [5.74, 6) is 0.280. The average molecular weight is 264 g/mol. The topological polar surface area (TPSA) is 55.8 Å². The Balaban J connectivity index is 2.06. The van der Waals surface area contributed by atoms with Crippen molar-refractivity contribution < 1.29 is 19.4 Å². The monoisotopic (exact) mass is 264 g/mol. The maximum Gasteiger partial charge on any atom is 0.310 e. The summed E-state index contributed by atoms with van der Waals surface area (Å²) in [5.41, 5.74) is 0. The van der Waals surface area contributed by atoms with Crippen molar-refractivity contribution in [3.63, 3.8) is 0 Å². The molecule has 19 heavy (non-hydrogen) atoms. The number of ether oxygens (including phenoxy) is 2. The SMILES string of the molecule is CCOc1cccc(OC2CCCCC2C(=O)O)c1. The van der Waals surface area contributed by atoms with Gasteiger partial charge in [0.25, 0.3) is 0 Å². The highest BCUT2D eigenvalue weighted by atomic mass is 16.5. The molecule has 1 saturated carbocycles. The zero-order chi connectivity index (χ0) is 13.7. The molecule has 1 aliphatic rings. The Labute approximate surface area is 113 Å². The second-order valence-corrected chi connectivity index (χ2v) is 4.79. The van der Waals surface area contributed by atoms with Gasteiger partial charge in [-0.1, -0.05) is 12.5 Å². The largest absolute Gasteiger partial charge is 0.494 e. The van der Waals surface area contributed by atoms with Crippen LogP contribution in [0, 0.1) is 5.92 Å². The second kappa shape index (κ2) is 6.45. The van der Waals surface area contributed by atoms with Gasteiger partial charge in [-0.2, -0.15) is 0 Å². The van der Waals surface area contributed by atoms with Crippen molar-refractivity contribution in [2.24, 2.45) is 5.92 Å². The van der Waals surface area contributed by atoms with Gasteiger partial charge in [-0.3, -0.25) is 4.79 Å². The first-order chi connectivity index (χ1) is 9.20. The number of aliphatic carboxylic acids is 1. The predicted octanol–water partition coefficient (Wildman–Crippen LogP) is 3.11. The molecule has 4 nitrogen and oxygen atoms in total. The van der Waals surface area contributed by atoms with Crippen LogP contribution < -0.4 is 9.47 Å². The molecule has 0 spiro atoms. The lowest BCUT2D eigenvalue weighted by molar-refractivity contribution is -0.146. The molecule has 1 fully saturated rings. The molecule has 104 valence electrons. The first-order valence-electron chi connectivity index (χ1n) is 6.83. The first-order valence-corrected chi connectivity index (χ1v) is 6.83. The maximum absolute atomic E-state index is 11.2. The van der Waals surface area contributed by atoms with E-state index in [0.29, 0.717) is 18.8 Å². The Morgan fingerprint density at radius 3 is 2.79 bits per heavy atom. The van der Waals surface area contributed by atoms with Crippen LogP contribution in [-0.2, 0) is 4.79 Å². The average Bonchev–Trinajstić information content (AvgIpc) is 2.40. The summed E-state index contributed by atoms with van der Waals surface area (Å²) in [4.78, 5) is 11.2. The highest BCUT2D eigenvalue weighted by Gasteiger charge is 2.32. The summed E-state index contributed by atoms with van der Waals surface area (Å²) in [5, 5.41) is 9.22. The quantitative estimate of drug-likeness (QED) is 0.887. The highest BCUT2D eigenvalue weighted by Crippen LogP contribution is 2.30. The number of carbonyl (C=O) groups is 1. The van der Waals surface area contributed by atoms with Crippen LogP contribution in [0.15, 0.2) is 24.3 Å². The van der Waals surface area contributed by atoms with Gasteiger partial charge in [0, 0.05) is 6.07 Å². The van der Waals surface area contributed by atoms with Gasteiger partial charge in [0.2, 0.25) is 0 Å². The Bertz CT molecular complexity index is 430. The normalized spacial score (nSPS) is 22.8. The molecule has 1 aromatic carbocycles. The zero-order valence-electron chi connectivity index (χ0n) is 11.2. The minimum Gasteiger partial charge on any atom is -0.494 e. The summed E-state index contributed by atoms with van der Waals surface area (Å²) >= 11 is 0. The van der Waals surface area contributed by atoms with E-state index in [0.717, 1.165) is 25.0 Å². The lowest BCUT2D eigenvalue weighted by Gasteiger charge is -2.29. The molecule has 1 aromatic rings. The van der Waals surface area contributed by atoms with Crippen LogP contribution in [0.25, 0.3) is 0 Å². The molecule has 1 N–H and O–H groups in total. The predicted molar refractivity (Wildman–Crippen MR) is 71.6 cm³/mol. The molecule has 0 radical (unpaired) electrons. The van der Waals surface area contributed by atoms with E-state index in [1.54, 1.807) is 0 Å². The third-order valence-corrected chi connectivity index (χ3v) is 3.42. The van der Waals surface area contributed by atoms with Crippen molar-refractivity contribution in [1.82, 2.24) is 0 Å². The van der Waals surface area contributed by atoms with E-state index < -0.39 is 11.9 Å². The maximum atomic E-state index is 11.2. The van der Waals surface area contributed by atoms with Crippen LogP contribution in [0.3, 0.4) is 0 Å². The molecule has 0 saturated heterocycles. The van der Waals surface area contributed by atoms with Crippen LogP contribution in [0.2, 0.25) is 0 Å². The number of rotatable bonds is 5. The molecular weight excluding hydrogens is 244 g/mol. The molecule has 2 unspecified atom stereocenters. The van der Waals surface area contributed by atoms with E-state index in [4.69, 9.17) is 9.47 Å². The molecule has 4 heteroatoms. The Morgan fingerprint density at radius 1 is 1.32 bits per heavy atom. The van der Waals surface area contributed by atoms with E-state index in [-0.39, 0.29) is 6.10 Å². The van der Waals surface area contributed by atoms with E-state index in [1.807, 2.05) is 31.2 Å². The number of hydrogen-bond donors (Lipinski definition) is 1. The van der Waals surface area contributed by atoms with Crippen molar-refractivity contribution in [2.75, 3.05) is 6.61 Å². The van der Waals surface area contributed by atoms with E-state index in [1.165, 1.54) is 0 Å². The summed E-state index contributed by atoms with van der Waals surface area (Å²) in [7, 11) is 0. The fourth-order valence-electron chi connectivity index (χ4n) is 2.50. The fourth-order valence-corrected chi connectivity index (χ4v) is 2.50. The smallest absolute Gasteiger partial charge is 0.310 e. The summed E-state index contributed by atoms with van der Waals surface area (Å²) in [6.45, 7) is 2.53. The molecule has 0 aromatic heterocycles. The molecule has 0 heterocycles. The summed E-state index contributed by atoms with van der Waals surface area (Å²) in [6.07, 6.45) is 3.26. The lowest BCUT2D eigenvalue weighted by atomic mass is 9.86. The first kappa shape index (κ1) is 13.7. The standard InChI is InChI=1S/C15H20O4/c1-2-18-11-6-5-7-12(10-11)19-14-9-4-3-8-13(14)15(16)17/h5-7,10,13-14H,2-4,8-9H2,1H3,(H,16,17). The Morgan fingerprint density at radius 2 is 2.05 bits per heavy atom. The van der Waals surface area contributed by atoms with Gasteiger partial charge in [0.05, 0.1) is 12.5 Å². The zero-order valence-corrected chi connectivity index (χ0v) is 11.2. The molecular formula is C15H20O4.